The molecule has 0 saturated heterocycles. The van der Waals surface area contributed by atoms with E-state index in [0.29, 0.717) is 24.6 Å². The van der Waals surface area contributed by atoms with Crippen LogP contribution in [0.25, 0.3) is 0 Å². The van der Waals surface area contributed by atoms with E-state index in [-0.39, 0.29) is 23.7 Å². The van der Waals surface area contributed by atoms with Crippen LogP contribution < -0.4 is 10.6 Å². The van der Waals surface area contributed by atoms with Crippen molar-refractivity contribution < 1.29 is 13.5 Å². The smallest absolute Gasteiger partial charge is 0.191 e. The Morgan fingerprint density at radius 3 is 2.56 bits per heavy atom. The van der Waals surface area contributed by atoms with Crippen LogP contribution in [-0.2, 0) is 23.3 Å². The predicted molar refractivity (Wildman–Crippen MR) is 103 cm³/mol. The lowest BCUT2D eigenvalue weighted by Gasteiger charge is -2.19. The minimum atomic E-state index is -0.274. The molecule has 0 atom stereocenters. The van der Waals surface area contributed by atoms with Gasteiger partial charge in [-0.3, -0.25) is 4.99 Å². The van der Waals surface area contributed by atoms with Gasteiger partial charge in [-0.25, -0.2) is 8.78 Å². The van der Waals surface area contributed by atoms with Gasteiger partial charge < -0.3 is 15.4 Å². The van der Waals surface area contributed by atoms with Gasteiger partial charge in [-0.2, -0.15) is 0 Å². The first-order chi connectivity index (χ1) is 13.1. The number of hydrogen-bond acceptors (Lipinski definition) is 2. The summed E-state index contributed by atoms with van der Waals surface area (Å²) in [5.74, 6) is 0.204. The summed E-state index contributed by atoms with van der Waals surface area (Å²) in [6, 6.07) is 11.9. The summed E-state index contributed by atoms with van der Waals surface area (Å²) in [4.78, 5) is 4.23. The minimum Gasteiger partial charge on any atom is -0.380 e. The Balaban J connectivity index is 1.58. The van der Waals surface area contributed by atoms with Gasteiger partial charge in [0.1, 0.15) is 11.6 Å². The summed E-state index contributed by atoms with van der Waals surface area (Å²) in [5, 5.41) is 6.52. The fourth-order valence-electron chi connectivity index (χ4n) is 3.25. The molecule has 27 heavy (non-hydrogen) atoms. The number of nitrogens with zero attached hydrogens (tertiary/aromatic N) is 1. The van der Waals surface area contributed by atoms with Crippen LogP contribution in [0.2, 0.25) is 0 Å². The monoisotopic (exact) mass is 373 g/mol. The van der Waals surface area contributed by atoms with Crippen molar-refractivity contribution in [3.05, 3.63) is 70.8 Å². The molecule has 3 rings (SSSR count). The summed E-state index contributed by atoms with van der Waals surface area (Å²) >= 11 is 0. The van der Waals surface area contributed by atoms with Gasteiger partial charge in [0, 0.05) is 38.2 Å². The fraction of sp³-hybridized carbons (Fsp3) is 0.381. The summed E-state index contributed by atoms with van der Waals surface area (Å²) in [6.45, 7) is 1.35. The molecule has 0 heterocycles. The van der Waals surface area contributed by atoms with Crippen molar-refractivity contribution in [1.82, 2.24) is 10.6 Å². The number of guanidine groups is 1. The molecule has 2 N–H and O–H groups in total. The Morgan fingerprint density at radius 1 is 1.11 bits per heavy atom. The van der Waals surface area contributed by atoms with E-state index in [1.807, 2.05) is 12.1 Å². The first kappa shape index (κ1) is 19.3. The first-order valence-electron chi connectivity index (χ1n) is 9.04. The fourth-order valence-corrected chi connectivity index (χ4v) is 3.25. The Labute approximate surface area is 158 Å². The highest BCUT2D eigenvalue weighted by Gasteiger charge is 2.45. The second-order valence-electron chi connectivity index (χ2n) is 6.90. The van der Waals surface area contributed by atoms with E-state index in [4.69, 9.17) is 4.74 Å². The van der Waals surface area contributed by atoms with E-state index in [1.165, 1.54) is 12.1 Å². The van der Waals surface area contributed by atoms with Crippen molar-refractivity contribution >= 4 is 5.96 Å². The van der Waals surface area contributed by atoms with Crippen LogP contribution in [-0.4, -0.2) is 26.7 Å². The van der Waals surface area contributed by atoms with Crippen LogP contribution in [0.15, 0.2) is 47.5 Å². The molecule has 144 valence electrons. The molecule has 2 aromatic carbocycles. The van der Waals surface area contributed by atoms with Crippen molar-refractivity contribution in [2.24, 2.45) is 4.99 Å². The minimum absolute atomic E-state index is 0.156. The van der Waals surface area contributed by atoms with Gasteiger partial charge in [0.25, 0.3) is 0 Å². The average Bonchev–Trinajstić information content (AvgIpc) is 3.46. The number of methoxy groups -OCH3 is 1. The second-order valence-corrected chi connectivity index (χ2v) is 6.90. The summed E-state index contributed by atoms with van der Waals surface area (Å²) in [7, 11) is 3.23. The Kier molecular flexibility index (Phi) is 6.06. The third-order valence-electron chi connectivity index (χ3n) is 4.99. The molecule has 1 aliphatic carbocycles. The van der Waals surface area contributed by atoms with Gasteiger partial charge in [0.05, 0.1) is 6.61 Å². The number of aliphatic imine (C=N–C) groups is 1. The quantitative estimate of drug-likeness (QED) is 0.577. The van der Waals surface area contributed by atoms with Crippen molar-refractivity contribution in [3.8, 4) is 0 Å². The standard InChI is InChI=1S/C21H25F2N3O/c1-24-20(25-12-15-7-8-18(22)16(11-15)13-27-2)26-14-21(9-10-21)17-5-3-4-6-19(17)23/h3-8,11H,9-10,12-14H2,1-2H3,(H2,24,25,26). The van der Waals surface area contributed by atoms with Gasteiger partial charge in [-0.05, 0) is 42.2 Å². The molecule has 1 aliphatic rings. The van der Waals surface area contributed by atoms with E-state index < -0.39 is 0 Å². The third kappa shape index (κ3) is 4.63. The average molecular weight is 373 g/mol. The van der Waals surface area contributed by atoms with Crippen molar-refractivity contribution in [1.29, 1.82) is 0 Å². The molecule has 0 amide bonds. The molecule has 0 aliphatic heterocycles. The third-order valence-corrected chi connectivity index (χ3v) is 4.99. The van der Waals surface area contributed by atoms with E-state index in [9.17, 15) is 8.78 Å². The lowest BCUT2D eigenvalue weighted by molar-refractivity contribution is 0.181. The van der Waals surface area contributed by atoms with Gasteiger partial charge in [0.2, 0.25) is 0 Å². The predicted octanol–water partition coefficient (Wildman–Crippen LogP) is 3.51. The zero-order valence-corrected chi connectivity index (χ0v) is 15.7. The zero-order chi connectivity index (χ0) is 19.3. The highest BCUT2D eigenvalue weighted by Crippen LogP contribution is 2.48. The van der Waals surface area contributed by atoms with E-state index in [0.717, 1.165) is 24.0 Å². The maximum atomic E-state index is 14.1. The molecule has 2 aromatic rings. The molecule has 0 bridgehead atoms. The number of rotatable bonds is 7. The molecule has 0 radical (unpaired) electrons. The van der Waals surface area contributed by atoms with Crippen LogP contribution in [0.5, 0.6) is 0 Å². The number of benzene rings is 2. The van der Waals surface area contributed by atoms with Crippen molar-refractivity contribution in [2.45, 2.75) is 31.4 Å². The molecule has 0 unspecified atom stereocenters. The van der Waals surface area contributed by atoms with E-state index in [1.54, 1.807) is 32.4 Å². The van der Waals surface area contributed by atoms with Gasteiger partial charge in [-0.15, -0.1) is 0 Å². The SMILES string of the molecule is CN=C(NCc1ccc(F)c(COC)c1)NCC1(c2ccccc2F)CC1. The normalized spacial score (nSPS) is 15.5. The highest BCUT2D eigenvalue weighted by molar-refractivity contribution is 5.79. The molecular weight excluding hydrogens is 348 g/mol. The molecule has 0 spiro atoms. The Morgan fingerprint density at radius 2 is 1.89 bits per heavy atom. The number of nitrogens with one attached hydrogen (secondary N) is 2. The Bertz CT molecular complexity index is 819. The van der Waals surface area contributed by atoms with Gasteiger partial charge >= 0.3 is 0 Å². The molecule has 1 saturated carbocycles. The maximum absolute atomic E-state index is 14.1. The molecule has 6 heteroatoms. The van der Waals surface area contributed by atoms with E-state index in [2.05, 4.69) is 15.6 Å². The van der Waals surface area contributed by atoms with E-state index >= 15 is 0 Å². The maximum Gasteiger partial charge on any atom is 0.191 e. The van der Waals surface area contributed by atoms with Crippen LogP contribution in [0.3, 0.4) is 0 Å². The lowest BCUT2D eigenvalue weighted by atomic mass is 9.95. The molecule has 4 nitrogen and oxygen atoms in total. The van der Waals surface area contributed by atoms with Crippen molar-refractivity contribution in [3.63, 3.8) is 0 Å². The second kappa shape index (κ2) is 8.48. The number of halogens is 2. The topological polar surface area (TPSA) is 45.7 Å². The lowest BCUT2D eigenvalue weighted by Crippen LogP contribution is -2.41. The number of ether oxygens (including phenoxy) is 1. The summed E-state index contributed by atoms with van der Waals surface area (Å²) < 4.78 is 32.8. The van der Waals surface area contributed by atoms with Gasteiger partial charge in [-0.1, -0.05) is 24.3 Å². The highest BCUT2D eigenvalue weighted by atomic mass is 19.1. The molecular formula is C21H25F2N3O. The van der Waals surface area contributed by atoms with Crippen LogP contribution >= 0.6 is 0 Å². The summed E-state index contributed by atoms with van der Waals surface area (Å²) in [5.41, 5.74) is 2.05. The largest absolute Gasteiger partial charge is 0.380 e. The van der Waals surface area contributed by atoms with Crippen LogP contribution in [0.1, 0.15) is 29.5 Å². The zero-order valence-electron chi connectivity index (χ0n) is 15.7. The van der Waals surface area contributed by atoms with Crippen LogP contribution in [0.4, 0.5) is 8.78 Å². The molecule has 1 fully saturated rings. The summed E-state index contributed by atoms with van der Waals surface area (Å²) in [6.07, 6.45) is 1.91. The van der Waals surface area contributed by atoms with Crippen LogP contribution in [0, 0.1) is 11.6 Å². The number of hydrogen-bond donors (Lipinski definition) is 2. The first-order valence-corrected chi connectivity index (χ1v) is 9.04. The Hall–Kier alpha value is -2.47. The molecule has 0 aromatic heterocycles. The van der Waals surface area contributed by atoms with Gasteiger partial charge in [0.15, 0.2) is 5.96 Å². The van der Waals surface area contributed by atoms with Crippen molar-refractivity contribution in [2.75, 3.05) is 20.7 Å².